The molecule has 2 aromatic rings. The number of anilines is 1. The second-order valence-corrected chi connectivity index (χ2v) is 11.4. The Bertz CT molecular complexity index is 1140. The van der Waals surface area contributed by atoms with Crippen LogP contribution in [0.25, 0.3) is 0 Å². The van der Waals surface area contributed by atoms with E-state index in [0.29, 0.717) is 33.6 Å². The van der Waals surface area contributed by atoms with Gasteiger partial charge in [0.25, 0.3) is 0 Å². The Kier molecular flexibility index (Phi) is 12.0. The Morgan fingerprint density at radius 1 is 1.05 bits per heavy atom. The molecule has 1 N–H and O–H groups in total. The van der Waals surface area contributed by atoms with E-state index in [0.717, 1.165) is 19.1 Å². The van der Waals surface area contributed by atoms with Crippen LogP contribution in [0.2, 0.25) is 10.0 Å². The lowest BCUT2D eigenvalue weighted by Gasteiger charge is -2.30. The summed E-state index contributed by atoms with van der Waals surface area (Å²) in [5.41, 5.74) is 1.02. The van der Waals surface area contributed by atoms with E-state index in [1.807, 2.05) is 6.92 Å². The number of carbonyl (C=O) groups is 2. The summed E-state index contributed by atoms with van der Waals surface area (Å²) < 4.78 is 31.3. The van der Waals surface area contributed by atoms with Crippen molar-refractivity contribution in [3.63, 3.8) is 0 Å². The fourth-order valence-electron chi connectivity index (χ4n) is 3.72. The first-order valence-corrected chi connectivity index (χ1v) is 14.7. The maximum Gasteiger partial charge on any atom is 0.242 e. The molecule has 37 heavy (non-hydrogen) atoms. The smallest absolute Gasteiger partial charge is 0.242 e. The average Bonchev–Trinajstić information content (AvgIpc) is 2.85. The molecular formula is C26H35Cl2N3O5S. The molecule has 204 valence electrons. The third-order valence-corrected chi connectivity index (χ3v) is 7.80. The normalized spacial score (nSPS) is 12.1. The molecule has 0 bridgehead atoms. The lowest BCUT2D eigenvalue weighted by atomic mass is 10.1. The molecule has 0 aliphatic carbocycles. The Morgan fingerprint density at radius 3 is 2.22 bits per heavy atom. The van der Waals surface area contributed by atoms with Crippen molar-refractivity contribution in [3.8, 4) is 5.75 Å². The predicted molar refractivity (Wildman–Crippen MR) is 149 cm³/mol. The van der Waals surface area contributed by atoms with Crippen molar-refractivity contribution in [3.05, 3.63) is 58.1 Å². The van der Waals surface area contributed by atoms with E-state index in [9.17, 15) is 18.0 Å². The molecule has 0 saturated heterocycles. The van der Waals surface area contributed by atoms with Crippen LogP contribution in [-0.4, -0.2) is 57.6 Å². The first-order chi connectivity index (χ1) is 17.5. The van der Waals surface area contributed by atoms with Crippen molar-refractivity contribution in [2.75, 3.05) is 30.8 Å². The minimum absolute atomic E-state index is 0.0246. The summed E-state index contributed by atoms with van der Waals surface area (Å²) in [6.45, 7) is 4.34. The molecule has 2 aromatic carbocycles. The van der Waals surface area contributed by atoms with Crippen LogP contribution in [0.4, 0.5) is 5.69 Å². The van der Waals surface area contributed by atoms with Crippen LogP contribution in [0, 0.1) is 0 Å². The number of unbranched alkanes of at least 4 members (excludes halogenated alkanes) is 1. The summed E-state index contributed by atoms with van der Waals surface area (Å²) in [5.74, 6) is 0.0192. The SMILES string of the molecule is CCCCNC(=O)[C@H](C)N(Cc1c(Cl)cccc1Cl)C(=O)CCCN(c1ccc(OC)cc1)S(C)(=O)=O. The summed E-state index contributed by atoms with van der Waals surface area (Å²) in [6, 6.07) is 10.9. The quantitative estimate of drug-likeness (QED) is 0.326. The first-order valence-electron chi connectivity index (χ1n) is 12.1. The van der Waals surface area contributed by atoms with Crippen LogP contribution in [0.5, 0.6) is 5.75 Å². The number of sulfonamides is 1. The highest BCUT2D eigenvalue weighted by molar-refractivity contribution is 7.92. The largest absolute Gasteiger partial charge is 0.497 e. The molecule has 1 atom stereocenters. The molecule has 2 amide bonds. The molecule has 2 rings (SSSR count). The van der Waals surface area contributed by atoms with E-state index in [2.05, 4.69) is 5.32 Å². The van der Waals surface area contributed by atoms with Crippen molar-refractivity contribution in [1.29, 1.82) is 0 Å². The van der Waals surface area contributed by atoms with Gasteiger partial charge in [0.05, 0.1) is 19.1 Å². The number of methoxy groups -OCH3 is 1. The minimum atomic E-state index is -3.59. The lowest BCUT2D eigenvalue weighted by molar-refractivity contribution is -0.140. The van der Waals surface area contributed by atoms with E-state index in [1.54, 1.807) is 49.4 Å². The molecule has 0 spiro atoms. The summed E-state index contributed by atoms with van der Waals surface area (Å²) in [6.07, 6.45) is 3.15. The molecule has 0 heterocycles. The van der Waals surface area contributed by atoms with Gasteiger partial charge in [0.2, 0.25) is 21.8 Å². The summed E-state index contributed by atoms with van der Waals surface area (Å²) in [4.78, 5) is 27.6. The first kappa shape index (κ1) is 30.7. The van der Waals surface area contributed by atoms with Crippen molar-refractivity contribution in [2.45, 2.75) is 52.1 Å². The fraction of sp³-hybridized carbons (Fsp3) is 0.462. The average molecular weight is 573 g/mol. The van der Waals surface area contributed by atoms with Gasteiger partial charge in [-0.05, 0) is 56.2 Å². The van der Waals surface area contributed by atoms with Crippen LogP contribution in [0.3, 0.4) is 0 Å². The number of ether oxygens (including phenoxy) is 1. The lowest BCUT2D eigenvalue weighted by Crippen LogP contribution is -2.48. The molecule has 0 fully saturated rings. The van der Waals surface area contributed by atoms with E-state index in [-0.39, 0.29) is 37.7 Å². The number of amides is 2. The van der Waals surface area contributed by atoms with Crippen LogP contribution in [-0.2, 0) is 26.2 Å². The topological polar surface area (TPSA) is 96.0 Å². The van der Waals surface area contributed by atoms with Crippen molar-refractivity contribution < 1.29 is 22.7 Å². The third kappa shape index (κ3) is 9.09. The van der Waals surface area contributed by atoms with E-state index in [4.69, 9.17) is 27.9 Å². The highest BCUT2D eigenvalue weighted by Crippen LogP contribution is 2.27. The highest BCUT2D eigenvalue weighted by Gasteiger charge is 2.27. The minimum Gasteiger partial charge on any atom is -0.497 e. The Hall–Kier alpha value is -2.49. The molecule has 0 saturated carbocycles. The van der Waals surface area contributed by atoms with Gasteiger partial charge in [0.15, 0.2) is 0 Å². The van der Waals surface area contributed by atoms with Crippen molar-refractivity contribution in [2.24, 2.45) is 0 Å². The maximum absolute atomic E-state index is 13.4. The van der Waals surface area contributed by atoms with E-state index in [1.165, 1.54) is 16.3 Å². The molecule has 0 radical (unpaired) electrons. The van der Waals surface area contributed by atoms with Crippen molar-refractivity contribution in [1.82, 2.24) is 10.2 Å². The number of carbonyl (C=O) groups excluding carboxylic acids is 2. The van der Waals surface area contributed by atoms with E-state index < -0.39 is 16.1 Å². The zero-order valence-electron chi connectivity index (χ0n) is 21.7. The van der Waals surface area contributed by atoms with Gasteiger partial charge in [-0.1, -0.05) is 42.6 Å². The zero-order valence-corrected chi connectivity index (χ0v) is 24.0. The van der Waals surface area contributed by atoms with Gasteiger partial charge in [0, 0.05) is 41.7 Å². The van der Waals surface area contributed by atoms with Crippen LogP contribution < -0.4 is 14.4 Å². The Balaban J connectivity index is 2.19. The molecule has 0 aliphatic rings. The molecular weight excluding hydrogens is 537 g/mol. The van der Waals surface area contributed by atoms with Gasteiger partial charge in [0.1, 0.15) is 11.8 Å². The third-order valence-electron chi connectivity index (χ3n) is 5.90. The standard InChI is InChI=1S/C26H35Cl2N3O5S/c1-5-6-16-29-26(33)19(2)30(18-22-23(27)9-7-10-24(22)28)25(32)11-8-17-31(37(4,34)35)20-12-14-21(36-3)15-13-20/h7,9-10,12-15,19H,5-6,8,11,16-18H2,1-4H3,(H,29,33)/t19-/m0/s1. The van der Waals surface area contributed by atoms with Crippen LogP contribution in [0.1, 0.15) is 45.1 Å². The Labute approximate surface area is 229 Å². The number of hydrogen-bond acceptors (Lipinski definition) is 5. The van der Waals surface area contributed by atoms with Crippen LogP contribution in [0.15, 0.2) is 42.5 Å². The molecule has 8 nitrogen and oxygen atoms in total. The fourth-order valence-corrected chi connectivity index (χ4v) is 5.21. The number of nitrogens with zero attached hydrogens (tertiary/aromatic N) is 2. The number of halogens is 2. The number of nitrogens with one attached hydrogen (secondary N) is 1. The van der Waals surface area contributed by atoms with Gasteiger partial charge in [-0.3, -0.25) is 13.9 Å². The summed E-state index contributed by atoms with van der Waals surface area (Å²) in [7, 11) is -2.06. The second kappa shape index (κ2) is 14.4. The highest BCUT2D eigenvalue weighted by atomic mass is 35.5. The monoisotopic (exact) mass is 571 g/mol. The number of rotatable bonds is 14. The van der Waals surface area contributed by atoms with Gasteiger partial charge in [-0.2, -0.15) is 0 Å². The summed E-state index contributed by atoms with van der Waals surface area (Å²) in [5, 5.41) is 3.65. The van der Waals surface area contributed by atoms with Gasteiger partial charge in [-0.25, -0.2) is 8.42 Å². The van der Waals surface area contributed by atoms with Gasteiger partial charge >= 0.3 is 0 Å². The predicted octanol–water partition coefficient (Wildman–Crippen LogP) is 4.88. The van der Waals surface area contributed by atoms with Crippen molar-refractivity contribution >= 4 is 50.7 Å². The molecule has 0 aromatic heterocycles. The maximum atomic E-state index is 13.4. The summed E-state index contributed by atoms with van der Waals surface area (Å²) >= 11 is 12.7. The second-order valence-electron chi connectivity index (χ2n) is 8.68. The number of hydrogen-bond donors (Lipinski definition) is 1. The van der Waals surface area contributed by atoms with Gasteiger partial charge < -0.3 is 15.0 Å². The van der Waals surface area contributed by atoms with Crippen LogP contribution >= 0.6 is 23.2 Å². The van der Waals surface area contributed by atoms with E-state index >= 15 is 0 Å². The molecule has 11 heteroatoms. The van der Waals surface area contributed by atoms with Gasteiger partial charge in [-0.15, -0.1) is 0 Å². The molecule has 0 aliphatic heterocycles. The molecule has 0 unspecified atom stereocenters. The number of benzene rings is 2. The zero-order chi connectivity index (χ0) is 27.6. The Morgan fingerprint density at radius 2 is 1.68 bits per heavy atom.